The highest BCUT2D eigenvalue weighted by Gasteiger charge is 2.08. The highest BCUT2D eigenvalue weighted by Crippen LogP contribution is 2.14. The van der Waals surface area contributed by atoms with Crippen molar-refractivity contribution in [2.24, 2.45) is 11.5 Å². The smallest absolute Gasteiger partial charge is 0.235 e. The lowest BCUT2D eigenvalue weighted by Crippen LogP contribution is -2.44. The quantitative estimate of drug-likeness (QED) is 0.514. The first-order chi connectivity index (χ1) is 7.11. The first kappa shape index (κ1) is 11.5. The molecule has 0 aromatic heterocycles. The van der Waals surface area contributed by atoms with Gasteiger partial charge in [0, 0.05) is 18.7 Å². The summed E-state index contributed by atoms with van der Waals surface area (Å²) in [4.78, 5) is 10.6. The monoisotopic (exact) mass is 209 g/mol. The Hall–Kier alpha value is -1.59. The number of phenols is 1. The third-order valence-electron chi connectivity index (χ3n) is 2.04. The average molecular weight is 209 g/mol. The number of rotatable bonds is 5. The number of nitrogens with two attached hydrogens (primary N) is 2. The van der Waals surface area contributed by atoms with E-state index in [2.05, 4.69) is 5.32 Å². The Morgan fingerprint density at radius 3 is 2.73 bits per heavy atom. The van der Waals surface area contributed by atoms with Gasteiger partial charge in [-0.15, -0.1) is 0 Å². The fourth-order valence-electron chi connectivity index (χ4n) is 1.12. The van der Waals surface area contributed by atoms with Gasteiger partial charge in [0.15, 0.2) is 0 Å². The predicted octanol–water partition coefficient (Wildman–Crippen LogP) is -0.706. The molecule has 15 heavy (non-hydrogen) atoms. The lowest BCUT2D eigenvalue weighted by atomic mass is 10.2. The number of carbonyl (C=O) groups is 1. The van der Waals surface area contributed by atoms with Gasteiger partial charge in [-0.05, 0) is 6.07 Å². The van der Waals surface area contributed by atoms with Crippen molar-refractivity contribution in [3.05, 3.63) is 29.8 Å². The zero-order chi connectivity index (χ0) is 11.3. The Morgan fingerprint density at radius 1 is 1.47 bits per heavy atom. The van der Waals surface area contributed by atoms with Crippen LogP contribution in [0.4, 0.5) is 0 Å². The standard InChI is InChI=1S/C10H15N3O2/c11-8(10(12)15)6-13-5-7-3-1-2-4-9(7)14/h1-4,8,13-14H,5-6,11H2,(H2,12,15). The van der Waals surface area contributed by atoms with Crippen LogP contribution in [0, 0.1) is 0 Å². The fraction of sp³-hybridized carbons (Fsp3) is 0.300. The molecule has 0 fully saturated rings. The highest BCUT2D eigenvalue weighted by atomic mass is 16.3. The number of aromatic hydroxyl groups is 1. The average Bonchev–Trinajstić information content (AvgIpc) is 2.20. The number of nitrogens with one attached hydrogen (secondary N) is 1. The van der Waals surface area contributed by atoms with Crippen molar-refractivity contribution < 1.29 is 9.90 Å². The minimum absolute atomic E-state index is 0.220. The molecule has 5 heteroatoms. The Morgan fingerprint density at radius 2 is 2.13 bits per heavy atom. The third kappa shape index (κ3) is 3.57. The Labute approximate surface area is 88.1 Å². The van der Waals surface area contributed by atoms with Crippen LogP contribution in [0.2, 0.25) is 0 Å². The molecule has 1 aromatic carbocycles. The van der Waals surface area contributed by atoms with Gasteiger partial charge in [-0.25, -0.2) is 0 Å². The zero-order valence-corrected chi connectivity index (χ0v) is 8.31. The second-order valence-corrected chi connectivity index (χ2v) is 3.27. The van der Waals surface area contributed by atoms with Crippen molar-refractivity contribution in [1.82, 2.24) is 5.32 Å². The van der Waals surface area contributed by atoms with Gasteiger partial charge in [0.1, 0.15) is 5.75 Å². The Balaban J connectivity index is 2.38. The Kier molecular flexibility index (Phi) is 4.08. The van der Waals surface area contributed by atoms with Crippen LogP contribution in [-0.4, -0.2) is 23.6 Å². The molecule has 6 N–H and O–H groups in total. The summed E-state index contributed by atoms with van der Waals surface area (Å²) in [5, 5.41) is 12.4. The number of amides is 1. The number of hydrogen-bond donors (Lipinski definition) is 4. The minimum atomic E-state index is -0.698. The SMILES string of the molecule is NC(=O)C(N)CNCc1ccccc1O. The van der Waals surface area contributed by atoms with Gasteiger partial charge < -0.3 is 21.9 Å². The molecule has 0 radical (unpaired) electrons. The van der Waals surface area contributed by atoms with Gasteiger partial charge in [0.2, 0.25) is 5.91 Å². The van der Waals surface area contributed by atoms with Crippen LogP contribution in [0.5, 0.6) is 5.75 Å². The molecular weight excluding hydrogens is 194 g/mol. The lowest BCUT2D eigenvalue weighted by molar-refractivity contribution is -0.119. The topological polar surface area (TPSA) is 101 Å². The van der Waals surface area contributed by atoms with E-state index in [1.54, 1.807) is 18.2 Å². The van der Waals surface area contributed by atoms with Crippen LogP contribution < -0.4 is 16.8 Å². The number of benzene rings is 1. The van der Waals surface area contributed by atoms with Crippen molar-refractivity contribution >= 4 is 5.91 Å². The predicted molar refractivity (Wildman–Crippen MR) is 57.0 cm³/mol. The number of hydrogen-bond acceptors (Lipinski definition) is 4. The molecule has 0 saturated heterocycles. The maximum absolute atomic E-state index is 10.6. The second-order valence-electron chi connectivity index (χ2n) is 3.27. The minimum Gasteiger partial charge on any atom is -0.508 e. The molecule has 1 rings (SSSR count). The zero-order valence-electron chi connectivity index (χ0n) is 8.31. The molecule has 0 aliphatic heterocycles. The van der Waals surface area contributed by atoms with E-state index in [-0.39, 0.29) is 5.75 Å². The van der Waals surface area contributed by atoms with Crippen LogP contribution in [0.1, 0.15) is 5.56 Å². The van der Waals surface area contributed by atoms with Crippen molar-refractivity contribution in [2.75, 3.05) is 6.54 Å². The van der Waals surface area contributed by atoms with E-state index >= 15 is 0 Å². The second kappa shape index (κ2) is 5.33. The molecule has 1 unspecified atom stereocenters. The molecule has 0 aliphatic carbocycles. The first-order valence-electron chi connectivity index (χ1n) is 4.63. The van der Waals surface area contributed by atoms with Crippen molar-refractivity contribution in [3.63, 3.8) is 0 Å². The van der Waals surface area contributed by atoms with Gasteiger partial charge in [-0.2, -0.15) is 0 Å². The summed E-state index contributed by atoms with van der Waals surface area (Å²) in [5.74, 6) is -0.322. The van der Waals surface area contributed by atoms with E-state index in [4.69, 9.17) is 11.5 Å². The van der Waals surface area contributed by atoms with Gasteiger partial charge in [0.25, 0.3) is 0 Å². The van der Waals surface area contributed by atoms with Crippen LogP contribution in [0.25, 0.3) is 0 Å². The largest absolute Gasteiger partial charge is 0.508 e. The first-order valence-corrected chi connectivity index (χ1v) is 4.63. The van der Waals surface area contributed by atoms with Gasteiger partial charge in [-0.3, -0.25) is 4.79 Å². The van der Waals surface area contributed by atoms with Crippen LogP contribution >= 0.6 is 0 Å². The van der Waals surface area contributed by atoms with Gasteiger partial charge in [0.05, 0.1) is 6.04 Å². The molecule has 0 heterocycles. The molecule has 82 valence electrons. The van der Waals surface area contributed by atoms with Gasteiger partial charge in [-0.1, -0.05) is 18.2 Å². The summed E-state index contributed by atoms with van der Waals surface area (Å²) < 4.78 is 0. The summed E-state index contributed by atoms with van der Waals surface area (Å²) in [6.45, 7) is 0.747. The van der Waals surface area contributed by atoms with E-state index < -0.39 is 11.9 Å². The van der Waals surface area contributed by atoms with Crippen LogP contribution in [0.3, 0.4) is 0 Å². The maximum atomic E-state index is 10.6. The molecule has 1 aromatic rings. The molecular formula is C10H15N3O2. The van der Waals surface area contributed by atoms with E-state index in [1.165, 1.54) is 0 Å². The number of primary amides is 1. The fourth-order valence-corrected chi connectivity index (χ4v) is 1.12. The van der Waals surface area contributed by atoms with E-state index in [0.29, 0.717) is 13.1 Å². The van der Waals surface area contributed by atoms with E-state index in [0.717, 1.165) is 5.56 Å². The number of phenolic OH excluding ortho intramolecular Hbond substituents is 1. The molecule has 1 atom stereocenters. The summed E-state index contributed by atoms with van der Waals surface area (Å²) in [5.41, 5.74) is 11.2. The van der Waals surface area contributed by atoms with Crippen molar-refractivity contribution in [1.29, 1.82) is 0 Å². The molecule has 1 amide bonds. The maximum Gasteiger partial charge on any atom is 0.235 e. The molecule has 5 nitrogen and oxygen atoms in total. The molecule has 0 aliphatic rings. The normalized spacial score (nSPS) is 12.3. The van der Waals surface area contributed by atoms with E-state index in [1.807, 2.05) is 6.07 Å². The Bertz CT molecular complexity index is 341. The van der Waals surface area contributed by atoms with Crippen LogP contribution in [-0.2, 0) is 11.3 Å². The van der Waals surface area contributed by atoms with Crippen LogP contribution in [0.15, 0.2) is 24.3 Å². The summed E-state index contributed by atoms with van der Waals surface area (Å²) in [6.07, 6.45) is 0. The summed E-state index contributed by atoms with van der Waals surface area (Å²) in [7, 11) is 0. The van der Waals surface area contributed by atoms with Crippen molar-refractivity contribution in [2.45, 2.75) is 12.6 Å². The third-order valence-corrected chi connectivity index (χ3v) is 2.04. The van der Waals surface area contributed by atoms with E-state index in [9.17, 15) is 9.90 Å². The summed E-state index contributed by atoms with van der Waals surface area (Å²) in [6, 6.07) is 6.26. The molecule has 0 bridgehead atoms. The molecule has 0 spiro atoms. The van der Waals surface area contributed by atoms with Crippen molar-refractivity contribution in [3.8, 4) is 5.75 Å². The number of para-hydroxylation sites is 1. The number of carbonyl (C=O) groups excluding carboxylic acids is 1. The summed E-state index contributed by atoms with van der Waals surface area (Å²) >= 11 is 0. The molecule has 0 saturated carbocycles. The lowest BCUT2D eigenvalue weighted by Gasteiger charge is -2.09. The highest BCUT2D eigenvalue weighted by molar-refractivity contribution is 5.79. The van der Waals surface area contributed by atoms with Gasteiger partial charge >= 0.3 is 0 Å².